The molecule has 1 fully saturated rings. The molecule has 1 aliphatic heterocycles. The maximum atomic E-state index is 5.66. The summed E-state index contributed by atoms with van der Waals surface area (Å²) in [5.74, 6) is 2.23. The van der Waals surface area contributed by atoms with Crippen LogP contribution in [0.4, 0.5) is 5.69 Å². The number of piperidine rings is 1. The van der Waals surface area contributed by atoms with Gasteiger partial charge >= 0.3 is 0 Å². The molecule has 0 saturated carbocycles. The molecule has 5 nitrogen and oxygen atoms in total. The first-order valence-electron chi connectivity index (χ1n) is 9.28. The maximum Gasteiger partial charge on any atom is 0.173 e. The lowest BCUT2D eigenvalue weighted by atomic mass is 9.98. The third-order valence-corrected chi connectivity index (χ3v) is 5.43. The molecule has 1 aliphatic rings. The Labute approximate surface area is 164 Å². The van der Waals surface area contributed by atoms with E-state index in [9.17, 15) is 0 Å². The Hall–Kier alpha value is -2.60. The van der Waals surface area contributed by atoms with Gasteiger partial charge in [-0.2, -0.15) is 0 Å². The molecule has 4 rings (SSSR count). The number of aromatic nitrogens is 2. The number of H-pyrrole nitrogens is 1. The van der Waals surface area contributed by atoms with Gasteiger partial charge in [0, 0.05) is 30.8 Å². The van der Waals surface area contributed by atoms with E-state index in [1.54, 1.807) is 7.11 Å². The van der Waals surface area contributed by atoms with Gasteiger partial charge in [-0.1, -0.05) is 12.1 Å². The lowest BCUT2D eigenvalue weighted by Crippen LogP contribution is -2.41. The van der Waals surface area contributed by atoms with E-state index in [0.29, 0.717) is 5.92 Å². The number of nitrogens with one attached hydrogen (secondary N) is 2. The quantitative estimate of drug-likeness (QED) is 0.657. The number of likely N-dealkylation sites (tertiary alicyclic amines) is 1. The standard InChI is InChI=1S/C21H24N4OS/c1-14-8-9-18-19(11-14)24-20(23-18)15-5-4-10-25(13-15)21(27)22-16-6-3-7-17(12-16)26-2/h3,6-9,11-12,15H,4-5,10,13H2,1-2H3,(H,22,27)(H,23,24). The summed E-state index contributed by atoms with van der Waals surface area (Å²) in [6, 6.07) is 14.2. The summed E-state index contributed by atoms with van der Waals surface area (Å²) in [6.07, 6.45) is 2.22. The minimum atomic E-state index is 0.358. The van der Waals surface area contributed by atoms with E-state index in [2.05, 4.69) is 40.3 Å². The van der Waals surface area contributed by atoms with Crippen molar-refractivity contribution >= 4 is 34.1 Å². The van der Waals surface area contributed by atoms with Crippen LogP contribution in [0.25, 0.3) is 11.0 Å². The first-order chi connectivity index (χ1) is 13.1. The van der Waals surface area contributed by atoms with Crippen molar-refractivity contribution < 1.29 is 4.74 Å². The molecule has 3 aromatic rings. The summed E-state index contributed by atoms with van der Waals surface area (Å²) in [6.45, 7) is 3.94. The van der Waals surface area contributed by atoms with Crippen LogP contribution in [-0.2, 0) is 0 Å². The van der Waals surface area contributed by atoms with E-state index >= 15 is 0 Å². The number of hydrogen-bond donors (Lipinski definition) is 2. The molecule has 140 valence electrons. The van der Waals surface area contributed by atoms with E-state index in [1.807, 2.05) is 24.3 Å². The molecule has 0 amide bonds. The molecule has 2 heterocycles. The second-order valence-electron chi connectivity index (χ2n) is 7.09. The number of methoxy groups -OCH3 is 1. The van der Waals surface area contributed by atoms with Crippen LogP contribution >= 0.6 is 12.2 Å². The molecule has 0 spiro atoms. The molecule has 27 heavy (non-hydrogen) atoms. The zero-order valence-electron chi connectivity index (χ0n) is 15.7. The fourth-order valence-electron chi connectivity index (χ4n) is 3.62. The number of thiocarbonyl (C=S) groups is 1. The smallest absolute Gasteiger partial charge is 0.173 e. The lowest BCUT2D eigenvalue weighted by Gasteiger charge is -2.33. The monoisotopic (exact) mass is 380 g/mol. The highest BCUT2D eigenvalue weighted by Crippen LogP contribution is 2.28. The minimum Gasteiger partial charge on any atom is -0.497 e. The third-order valence-electron chi connectivity index (χ3n) is 5.07. The van der Waals surface area contributed by atoms with Crippen molar-refractivity contribution in [2.75, 3.05) is 25.5 Å². The Balaban J connectivity index is 1.47. The maximum absolute atomic E-state index is 5.66. The number of anilines is 1. The van der Waals surface area contributed by atoms with Gasteiger partial charge in [0.1, 0.15) is 11.6 Å². The predicted octanol–water partition coefficient (Wildman–Crippen LogP) is 4.46. The number of aromatic amines is 1. The van der Waals surface area contributed by atoms with Crippen LogP contribution in [0.1, 0.15) is 30.1 Å². The average molecular weight is 381 g/mol. The Bertz CT molecular complexity index is 968. The van der Waals surface area contributed by atoms with Gasteiger partial charge in [0.15, 0.2) is 5.11 Å². The van der Waals surface area contributed by atoms with Crippen molar-refractivity contribution in [1.82, 2.24) is 14.9 Å². The third kappa shape index (κ3) is 3.90. The molecular formula is C21H24N4OS. The molecule has 2 aromatic carbocycles. The molecule has 1 saturated heterocycles. The van der Waals surface area contributed by atoms with Crippen molar-refractivity contribution in [2.24, 2.45) is 0 Å². The molecule has 2 N–H and O–H groups in total. The lowest BCUT2D eigenvalue weighted by molar-refractivity contribution is 0.307. The molecule has 6 heteroatoms. The molecule has 0 radical (unpaired) electrons. The van der Waals surface area contributed by atoms with Gasteiger partial charge < -0.3 is 19.9 Å². The van der Waals surface area contributed by atoms with Crippen LogP contribution in [0.3, 0.4) is 0 Å². The van der Waals surface area contributed by atoms with E-state index in [1.165, 1.54) is 5.56 Å². The first kappa shape index (κ1) is 17.8. The number of rotatable bonds is 3. The summed E-state index contributed by atoms with van der Waals surface area (Å²) in [5.41, 5.74) is 4.33. The van der Waals surface area contributed by atoms with Gasteiger partial charge in [-0.25, -0.2) is 4.98 Å². The van der Waals surface area contributed by atoms with Crippen LogP contribution < -0.4 is 10.1 Å². The fourth-order valence-corrected chi connectivity index (χ4v) is 3.91. The summed E-state index contributed by atoms with van der Waals surface area (Å²) in [7, 11) is 1.67. The number of fused-ring (bicyclic) bond motifs is 1. The number of hydrogen-bond acceptors (Lipinski definition) is 3. The van der Waals surface area contributed by atoms with Crippen LogP contribution in [0.2, 0.25) is 0 Å². The fraction of sp³-hybridized carbons (Fsp3) is 0.333. The van der Waals surface area contributed by atoms with Crippen LogP contribution in [0.5, 0.6) is 5.75 Å². The summed E-state index contributed by atoms with van der Waals surface area (Å²) in [5, 5.41) is 4.09. The Morgan fingerprint density at radius 1 is 1.30 bits per heavy atom. The van der Waals surface area contributed by atoms with Gasteiger partial charge in [-0.15, -0.1) is 0 Å². The van der Waals surface area contributed by atoms with Gasteiger partial charge in [-0.3, -0.25) is 0 Å². The number of nitrogens with zero attached hydrogens (tertiary/aromatic N) is 2. The zero-order chi connectivity index (χ0) is 18.8. The Kier molecular flexibility index (Phi) is 4.99. The van der Waals surface area contributed by atoms with Crippen molar-refractivity contribution in [2.45, 2.75) is 25.7 Å². The second kappa shape index (κ2) is 7.56. The SMILES string of the molecule is COc1cccc(NC(=S)N2CCCC(c3nc4ccc(C)cc4[nH]3)C2)c1. The van der Waals surface area contributed by atoms with Crippen LogP contribution in [0, 0.1) is 6.92 Å². The van der Waals surface area contributed by atoms with Crippen LogP contribution in [0.15, 0.2) is 42.5 Å². The average Bonchev–Trinajstić information content (AvgIpc) is 3.11. The van der Waals surface area contributed by atoms with Crippen LogP contribution in [-0.4, -0.2) is 40.2 Å². The number of benzene rings is 2. The van der Waals surface area contributed by atoms with Crippen molar-refractivity contribution in [3.05, 3.63) is 53.9 Å². The number of ether oxygens (including phenoxy) is 1. The number of imidazole rings is 1. The highest BCUT2D eigenvalue weighted by atomic mass is 32.1. The van der Waals surface area contributed by atoms with Gasteiger partial charge in [0.2, 0.25) is 0 Å². The normalized spacial score (nSPS) is 17.1. The Morgan fingerprint density at radius 2 is 2.19 bits per heavy atom. The summed E-state index contributed by atoms with van der Waals surface area (Å²) >= 11 is 5.66. The van der Waals surface area contributed by atoms with Crippen molar-refractivity contribution in [3.63, 3.8) is 0 Å². The highest BCUT2D eigenvalue weighted by molar-refractivity contribution is 7.80. The van der Waals surface area contributed by atoms with Gasteiger partial charge in [-0.05, 0) is 61.8 Å². The zero-order valence-corrected chi connectivity index (χ0v) is 16.5. The minimum absolute atomic E-state index is 0.358. The van der Waals surface area contributed by atoms with Crippen molar-refractivity contribution in [3.8, 4) is 5.75 Å². The molecule has 0 bridgehead atoms. The molecular weight excluding hydrogens is 356 g/mol. The van der Waals surface area contributed by atoms with E-state index in [4.69, 9.17) is 21.9 Å². The predicted molar refractivity (Wildman–Crippen MR) is 114 cm³/mol. The Morgan fingerprint density at radius 3 is 3.04 bits per heavy atom. The largest absolute Gasteiger partial charge is 0.497 e. The van der Waals surface area contributed by atoms with E-state index in [-0.39, 0.29) is 0 Å². The summed E-state index contributed by atoms with van der Waals surface area (Å²) in [4.78, 5) is 10.6. The van der Waals surface area contributed by atoms with Gasteiger partial charge in [0.25, 0.3) is 0 Å². The molecule has 1 atom stereocenters. The summed E-state index contributed by atoms with van der Waals surface area (Å²) < 4.78 is 5.28. The molecule has 1 aromatic heterocycles. The van der Waals surface area contributed by atoms with Gasteiger partial charge in [0.05, 0.1) is 18.1 Å². The second-order valence-corrected chi connectivity index (χ2v) is 7.48. The van der Waals surface area contributed by atoms with E-state index < -0.39 is 0 Å². The highest BCUT2D eigenvalue weighted by Gasteiger charge is 2.25. The molecule has 1 unspecified atom stereocenters. The number of aryl methyl sites for hydroxylation is 1. The first-order valence-corrected chi connectivity index (χ1v) is 9.69. The van der Waals surface area contributed by atoms with Crippen molar-refractivity contribution in [1.29, 1.82) is 0 Å². The topological polar surface area (TPSA) is 53.2 Å². The van der Waals surface area contributed by atoms with E-state index in [0.717, 1.165) is 59.3 Å². The molecule has 0 aliphatic carbocycles.